The van der Waals surface area contributed by atoms with Gasteiger partial charge in [-0.2, -0.15) is 0 Å². The molecule has 1 heteroatoms. The molecule has 2 fully saturated rings. The van der Waals surface area contributed by atoms with Crippen LogP contribution in [0.5, 0.6) is 0 Å². The molecule has 2 saturated carbocycles. The van der Waals surface area contributed by atoms with Gasteiger partial charge >= 0.3 is 0 Å². The van der Waals surface area contributed by atoms with E-state index in [-0.39, 0.29) is 0 Å². The minimum absolute atomic E-state index is 0.702. The molecule has 3 atom stereocenters. The third-order valence-corrected chi connectivity index (χ3v) is 4.58. The smallest absolute Gasteiger partial charge is 0.00104 e. The van der Waals surface area contributed by atoms with E-state index in [1.165, 1.54) is 38.6 Å². The second-order valence-corrected chi connectivity index (χ2v) is 5.47. The first-order chi connectivity index (χ1) is 6.80. The van der Waals surface area contributed by atoms with Crippen LogP contribution in [0.25, 0.3) is 0 Å². The van der Waals surface area contributed by atoms with Gasteiger partial charge in [0.05, 0.1) is 0 Å². The largest absolute Gasteiger partial charge is 0.316 e. The fraction of sp³-hybridized carbons (Fsp3) is 1.00. The Hall–Kier alpha value is -0.0400. The van der Waals surface area contributed by atoms with Crippen LogP contribution >= 0.6 is 0 Å². The van der Waals surface area contributed by atoms with E-state index in [0.717, 1.165) is 18.4 Å². The Kier molecular flexibility index (Phi) is 3.16. The summed E-state index contributed by atoms with van der Waals surface area (Å²) in [5.74, 6) is 2.15. The first kappa shape index (κ1) is 10.5. The predicted molar refractivity (Wildman–Crippen MR) is 61.3 cm³/mol. The van der Waals surface area contributed by atoms with E-state index in [9.17, 15) is 0 Å². The van der Waals surface area contributed by atoms with E-state index in [1.54, 1.807) is 6.42 Å². The highest BCUT2D eigenvalue weighted by Gasteiger charge is 2.49. The molecular formula is C13H25N. The molecule has 0 aliphatic heterocycles. The fourth-order valence-electron chi connectivity index (χ4n) is 4.04. The second kappa shape index (κ2) is 4.22. The number of fused-ring (bicyclic) bond motifs is 2. The Labute approximate surface area is 88.7 Å². The maximum Gasteiger partial charge on any atom is 0.00104 e. The lowest BCUT2D eigenvalue weighted by Gasteiger charge is -2.38. The summed E-state index contributed by atoms with van der Waals surface area (Å²) in [6.45, 7) is 7.01. The van der Waals surface area contributed by atoms with Crippen molar-refractivity contribution in [3.63, 3.8) is 0 Å². The van der Waals surface area contributed by atoms with Crippen LogP contribution in [0.4, 0.5) is 0 Å². The summed E-state index contributed by atoms with van der Waals surface area (Å²) in [5.41, 5.74) is 0.702. The topological polar surface area (TPSA) is 12.0 Å². The van der Waals surface area contributed by atoms with Crippen molar-refractivity contribution in [2.75, 3.05) is 13.1 Å². The molecule has 1 N–H and O–H groups in total. The highest BCUT2D eigenvalue weighted by atomic mass is 14.9. The zero-order valence-electron chi connectivity index (χ0n) is 9.81. The zero-order chi connectivity index (χ0) is 10.0. The van der Waals surface area contributed by atoms with Crippen LogP contribution < -0.4 is 5.32 Å². The molecule has 2 aliphatic carbocycles. The molecular weight excluding hydrogens is 170 g/mol. The highest BCUT2D eigenvalue weighted by molar-refractivity contribution is 5.01. The van der Waals surface area contributed by atoms with Gasteiger partial charge in [0.2, 0.25) is 0 Å². The molecule has 3 unspecified atom stereocenters. The van der Waals surface area contributed by atoms with E-state index in [2.05, 4.69) is 19.2 Å². The first-order valence-corrected chi connectivity index (χ1v) is 6.51. The van der Waals surface area contributed by atoms with Gasteiger partial charge in [-0.15, -0.1) is 0 Å². The Morgan fingerprint density at radius 3 is 2.64 bits per heavy atom. The van der Waals surface area contributed by atoms with Crippen molar-refractivity contribution in [1.29, 1.82) is 0 Å². The minimum atomic E-state index is 0.702. The van der Waals surface area contributed by atoms with Crippen LogP contribution in [-0.4, -0.2) is 13.1 Å². The monoisotopic (exact) mass is 195 g/mol. The SMILES string of the molecule is CCCC1(CNCC)CC2CCC1C2. The standard InChI is InChI=1S/C13H25N/c1-3-7-13(10-14-4-2)9-11-5-6-12(13)8-11/h11-12,14H,3-10H2,1-2H3. The quantitative estimate of drug-likeness (QED) is 0.710. The molecule has 2 bridgehead atoms. The number of hydrogen-bond acceptors (Lipinski definition) is 1. The first-order valence-electron chi connectivity index (χ1n) is 6.51. The van der Waals surface area contributed by atoms with Crippen LogP contribution in [-0.2, 0) is 0 Å². The maximum atomic E-state index is 3.60. The van der Waals surface area contributed by atoms with E-state index < -0.39 is 0 Å². The van der Waals surface area contributed by atoms with Crippen molar-refractivity contribution in [2.45, 2.75) is 52.4 Å². The number of nitrogens with one attached hydrogen (secondary N) is 1. The zero-order valence-corrected chi connectivity index (χ0v) is 9.81. The summed E-state index contributed by atoms with van der Waals surface area (Å²) in [5, 5.41) is 3.60. The van der Waals surface area contributed by atoms with Gasteiger partial charge in [-0.25, -0.2) is 0 Å². The molecule has 0 aromatic rings. The molecule has 0 aromatic carbocycles. The van der Waals surface area contributed by atoms with Crippen LogP contribution in [0.2, 0.25) is 0 Å². The van der Waals surface area contributed by atoms with Crippen molar-refractivity contribution < 1.29 is 0 Å². The van der Waals surface area contributed by atoms with Crippen molar-refractivity contribution in [2.24, 2.45) is 17.3 Å². The molecule has 0 radical (unpaired) electrons. The lowest BCUT2D eigenvalue weighted by atomic mass is 9.70. The second-order valence-electron chi connectivity index (χ2n) is 5.47. The van der Waals surface area contributed by atoms with Crippen molar-refractivity contribution in [1.82, 2.24) is 5.32 Å². The highest BCUT2D eigenvalue weighted by Crippen LogP contribution is 2.57. The third kappa shape index (κ3) is 1.71. The normalized spacial score (nSPS) is 40.7. The van der Waals surface area contributed by atoms with Gasteiger partial charge in [-0.1, -0.05) is 26.7 Å². The summed E-state index contributed by atoms with van der Waals surface area (Å²) in [6.07, 6.45) is 8.96. The summed E-state index contributed by atoms with van der Waals surface area (Å²) in [6, 6.07) is 0. The molecule has 2 aliphatic rings. The van der Waals surface area contributed by atoms with Gasteiger partial charge in [0.15, 0.2) is 0 Å². The van der Waals surface area contributed by atoms with Crippen LogP contribution in [0.1, 0.15) is 52.4 Å². The fourth-order valence-corrected chi connectivity index (χ4v) is 4.04. The van der Waals surface area contributed by atoms with Crippen molar-refractivity contribution in [3.8, 4) is 0 Å². The maximum absolute atomic E-state index is 3.60. The lowest BCUT2D eigenvalue weighted by molar-refractivity contribution is 0.142. The van der Waals surface area contributed by atoms with Crippen molar-refractivity contribution >= 4 is 0 Å². The Balaban J connectivity index is 1.99. The van der Waals surface area contributed by atoms with E-state index in [4.69, 9.17) is 0 Å². The molecule has 82 valence electrons. The van der Waals surface area contributed by atoms with Gasteiger partial charge in [0.25, 0.3) is 0 Å². The molecule has 0 amide bonds. The Morgan fingerprint density at radius 2 is 2.14 bits per heavy atom. The average Bonchev–Trinajstić information content (AvgIpc) is 2.75. The third-order valence-electron chi connectivity index (χ3n) is 4.58. The molecule has 2 rings (SSSR count). The Bertz CT molecular complexity index is 190. The molecule has 0 spiro atoms. The van der Waals surface area contributed by atoms with E-state index in [0.29, 0.717) is 5.41 Å². The van der Waals surface area contributed by atoms with Gasteiger partial charge in [0, 0.05) is 6.54 Å². The molecule has 14 heavy (non-hydrogen) atoms. The van der Waals surface area contributed by atoms with Gasteiger partial charge in [0.1, 0.15) is 0 Å². The van der Waals surface area contributed by atoms with Crippen molar-refractivity contribution in [3.05, 3.63) is 0 Å². The average molecular weight is 195 g/mol. The van der Waals surface area contributed by atoms with E-state index in [1.807, 2.05) is 0 Å². The molecule has 0 heterocycles. The van der Waals surface area contributed by atoms with Crippen LogP contribution in [0, 0.1) is 17.3 Å². The summed E-state index contributed by atoms with van der Waals surface area (Å²) < 4.78 is 0. The van der Waals surface area contributed by atoms with Crippen LogP contribution in [0.15, 0.2) is 0 Å². The van der Waals surface area contributed by atoms with Gasteiger partial charge in [-0.3, -0.25) is 0 Å². The molecule has 1 nitrogen and oxygen atoms in total. The number of hydrogen-bond donors (Lipinski definition) is 1. The summed E-state index contributed by atoms with van der Waals surface area (Å²) in [7, 11) is 0. The van der Waals surface area contributed by atoms with Crippen LogP contribution in [0.3, 0.4) is 0 Å². The summed E-state index contributed by atoms with van der Waals surface area (Å²) in [4.78, 5) is 0. The van der Waals surface area contributed by atoms with Gasteiger partial charge < -0.3 is 5.32 Å². The summed E-state index contributed by atoms with van der Waals surface area (Å²) >= 11 is 0. The predicted octanol–water partition coefficient (Wildman–Crippen LogP) is 3.20. The lowest BCUT2D eigenvalue weighted by Crippen LogP contribution is -2.38. The van der Waals surface area contributed by atoms with Gasteiger partial charge in [-0.05, 0) is 49.5 Å². The minimum Gasteiger partial charge on any atom is -0.316 e. The van der Waals surface area contributed by atoms with E-state index >= 15 is 0 Å². The Morgan fingerprint density at radius 1 is 1.29 bits per heavy atom. The number of rotatable bonds is 5. The molecule has 0 aromatic heterocycles. The molecule has 0 saturated heterocycles.